The highest BCUT2D eigenvalue weighted by atomic mass is 35.5. The van der Waals surface area contributed by atoms with Crippen molar-refractivity contribution in [2.45, 2.75) is 13.1 Å². The van der Waals surface area contributed by atoms with Crippen LogP contribution in [0, 0.1) is 0 Å². The van der Waals surface area contributed by atoms with Crippen LogP contribution in [0.25, 0.3) is 5.69 Å². The van der Waals surface area contributed by atoms with Crippen LogP contribution in [0.15, 0.2) is 42.6 Å². The number of hydrogen-bond acceptors (Lipinski definition) is 5. The zero-order valence-electron chi connectivity index (χ0n) is 13.5. The molecule has 3 heterocycles. The van der Waals surface area contributed by atoms with Gasteiger partial charge in [0.2, 0.25) is 0 Å². The SMILES string of the molecule is CN(C)Cc1nc2n(n1)-c1cccnc1N(c1cccc(Cl)c1)C2. The van der Waals surface area contributed by atoms with Crippen LogP contribution in [0.2, 0.25) is 5.02 Å². The summed E-state index contributed by atoms with van der Waals surface area (Å²) >= 11 is 6.17. The first-order chi connectivity index (χ1) is 11.6. The quantitative estimate of drug-likeness (QED) is 0.733. The van der Waals surface area contributed by atoms with Gasteiger partial charge in [-0.25, -0.2) is 14.6 Å². The lowest BCUT2D eigenvalue weighted by Crippen LogP contribution is -2.27. The monoisotopic (exact) mass is 340 g/mol. The minimum absolute atomic E-state index is 0.602. The highest BCUT2D eigenvalue weighted by Gasteiger charge is 2.27. The van der Waals surface area contributed by atoms with E-state index < -0.39 is 0 Å². The third-order valence-electron chi connectivity index (χ3n) is 3.85. The maximum Gasteiger partial charge on any atom is 0.165 e. The normalized spacial score (nSPS) is 13.1. The van der Waals surface area contributed by atoms with Gasteiger partial charge in [0, 0.05) is 16.9 Å². The number of aromatic nitrogens is 4. The molecule has 0 atom stereocenters. The summed E-state index contributed by atoms with van der Waals surface area (Å²) in [6.07, 6.45) is 1.79. The van der Waals surface area contributed by atoms with E-state index in [1.165, 1.54) is 0 Å². The van der Waals surface area contributed by atoms with Gasteiger partial charge in [-0.1, -0.05) is 17.7 Å². The fourth-order valence-electron chi connectivity index (χ4n) is 2.87. The minimum atomic E-state index is 0.602. The van der Waals surface area contributed by atoms with E-state index >= 15 is 0 Å². The molecule has 7 heteroatoms. The van der Waals surface area contributed by atoms with Crippen molar-refractivity contribution in [1.82, 2.24) is 24.6 Å². The molecule has 2 aromatic heterocycles. The summed E-state index contributed by atoms with van der Waals surface area (Å²) in [4.78, 5) is 13.4. The van der Waals surface area contributed by atoms with E-state index in [0.717, 1.165) is 28.8 Å². The van der Waals surface area contributed by atoms with Crippen molar-refractivity contribution >= 4 is 23.1 Å². The lowest BCUT2D eigenvalue weighted by atomic mass is 10.2. The number of hydrogen-bond donors (Lipinski definition) is 0. The summed E-state index contributed by atoms with van der Waals surface area (Å²) in [6.45, 7) is 1.30. The predicted octanol–water partition coefficient (Wildman–Crippen LogP) is 3.03. The largest absolute Gasteiger partial charge is 0.317 e. The van der Waals surface area contributed by atoms with Gasteiger partial charge >= 0.3 is 0 Å². The summed E-state index contributed by atoms with van der Waals surface area (Å²) in [7, 11) is 4.02. The van der Waals surface area contributed by atoms with E-state index in [0.29, 0.717) is 18.1 Å². The van der Waals surface area contributed by atoms with Gasteiger partial charge in [-0.05, 0) is 44.4 Å². The van der Waals surface area contributed by atoms with Crippen molar-refractivity contribution in [3.8, 4) is 5.69 Å². The molecule has 0 spiro atoms. The van der Waals surface area contributed by atoms with Gasteiger partial charge in [-0.2, -0.15) is 0 Å². The third-order valence-corrected chi connectivity index (χ3v) is 4.08. The van der Waals surface area contributed by atoms with Crippen molar-refractivity contribution in [2.24, 2.45) is 0 Å². The zero-order valence-corrected chi connectivity index (χ0v) is 14.3. The number of halogens is 1. The van der Waals surface area contributed by atoms with Gasteiger partial charge in [0.1, 0.15) is 5.69 Å². The van der Waals surface area contributed by atoms with E-state index in [9.17, 15) is 0 Å². The molecule has 1 aromatic carbocycles. The van der Waals surface area contributed by atoms with Crippen LogP contribution < -0.4 is 4.90 Å². The Morgan fingerprint density at radius 2 is 2.08 bits per heavy atom. The molecule has 0 bridgehead atoms. The molecule has 3 aromatic rings. The van der Waals surface area contributed by atoms with Gasteiger partial charge in [-0.15, -0.1) is 5.10 Å². The fourth-order valence-corrected chi connectivity index (χ4v) is 3.06. The molecular weight excluding hydrogens is 324 g/mol. The van der Waals surface area contributed by atoms with E-state index in [4.69, 9.17) is 16.6 Å². The summed E-state index contributed by atoms with van der Waals surface area (Å²) < 4.78 is 1.89. The van der Waals surface area contributed by atoms with E-state index in [1.54, 1.807) is 6.20 Å². The zero-order chi connectivity index (χ0) is 16.7. The first-order valence-corrected chi connectivity index (χ1v) is 8.07. The number of fused-ring (bicyclic) bond motifs is 3. The summed E-state index contributed by atoms with van der Waals surface area (Å²) in [6, 6.07) is 11.7. The molecule has 0 N–H and O–H groups in total. The van der Waals surface area contributed by atoms with Crippen LogP contribution in [0.5, 0.6) is 0 Å². The summed E-state index contributed by atoms with van der Waals surface area (Å²) in [5.74, 6) is 2.55. The average Bonchev–Trinajstić information content (AvgIpc) is 2.96. The molecule has 0 saturated heterocycles. The maximum atomic E-state index is 6.17. The van der Waals surface area contributed by atoms with Gasteiger partial charge in [0.05, 0.1) is 13.1 Å². The molecule has 4 rings (SSSR count). The van der Waals surface area contributed by atoms with Crippen LogP contribution in [0.4, 0.5) is 11.5 Å². The molecule has 1 aliphatic rings. The second-order valence-corrected chi connectivity index (χ2v) is 6.44. The Hall–Kier alpha value is -2.44. The van der Waals surface area contributed by atoms with Crippen molar-refractivity contribution in [2.75, 3.05) is 19.0 Å². The standard InChI is InChI=1S/C17H17ClN6/c1-22(2)10-15-20-16-11-23(13-6-3-5-12(18)9-13)17-14(24(16)21-15)7-4-8-19-17/h3-9H,10-11H2,1-2H3. The van der Waals surface area contributed by atoms with Crippen LogP contribution in [-0.4, -0.2) is 38.7 Å². The fraction of sp³-hybridized carbons (Fsp3) is 0.235. The first-order valence-electron chi connectivity index (χ1n) is 7.70. The highest BCUT2D eigenvalue weighted by molar-refractivity contribution is 6.30. The molecule has 1 aliphatic heterocycles. The summed E-state index contributed by atoms with van der Waals surface area (Å²) in [5, 5.41) is 5.35. The Balaban J connectivity index is 1.82. The molecule has 0 unspecified atom stereocenters. The maximum absolute atomic E-state index is 6.17. The van der Waals surface area contributed by atoms with Gasteiger partial charge < -0.3 is 9.80 Å². The van der Waals surface area contributed by atoms with Crippen molar-refractivity contribution < 1.29 is 0 Å². The third kappa shape index (κ3) is 2.64. The second-order valence-electron chi connectivity index (χ2n) is 6.01. The molecule has 6 nitrogen and oxygen atoms in total. The van der Waals surface area contributed by atoms with Crippen LogP contribution >= 0.6 is 11.6 Å². The second kappa shape index (κ2) is 5.89. The molecule has 0 aliphatic carbocycles. The van der Waals surface area contributed by atoms with Gasteiger partial charge in [-0.3, -0.25) is 0 Å². The van der Waals surface area contributed by atoms with Crippen molar-refractivity contribution in [1.29, 1.82) is 0 Å². The number of anilines is 2. The summed E-state index contributed by atoms with van der Waals surface area (Å²) in [5.41, 5.74) is 1.92. The Morgan fingerprint density at radius 1 is 1.21 bits per heavy atom. The van der Waals surface area contributed by atoms with E-state index in [1.807, 2.05) is 55.2 Å². The van der Waals surface area contributed by atoms with Crippen molar-refractivity contribution in [3.05, 3.63) is 59.3 Å². The van der Waals surface area contributed by atoms with E-state index in [-0.39, 0.29) is 0 Å². The Labute approximate surface area is 145 Å². The molecular formula is C17H17ClN6. The molecule has 122 valence electrons. The molecule has 24 heavy (non-hydrogen) atoms. The molecule has 0 amide bonds. The molecule has 0 radical (unpaired) electrons. The molecule has 0 fully saturated rings. The minimum Gasteiger partial charge on any atom is -0.317 e. The van der Waals surface area contributed by atoms with E-state index in [2.05, 4.69) is 19.9 Å². The predicted molar refractivity (Wildman–Crippen MR) is 93.8 cm³/mol. The number of rotatable bonds is 3. The van der Waals surface area contributed by atoms with Gasteiger partial charge in [0.15, 0.2) is 17.5 Å². The first kappa shape index (κ1) is 15.1. The highest BCUT2D eigenvalue weighted by Crippen LogP contribution is 2.35. The Bertz CT molecular complexity index is 888. The van der Waals surface area contributed by atoms with Gasteiger partial charge in [0.25, 0.3) is 0 Å². The smallest absolute Gasteiger partial charge is 0.165 e. The number of nitrogens with zero attached hydrogens (tertiary/aromatic N) is 6. The lowest BCUT2D eigenvalue weighted by Gasteiger charge is -2.29. The Morgan fingerprint density at radius 3 is 2.88 bits per heavy atom. The van der Waals surface area contributed by atoms with Crippen molar-refractivity contribution in [3.63, 3.8) is 0 Å². The number of benzene rings is 1. The van der Waals surface area contributed by atoms with Crippen LogP contribution in [-0.2, 0) is 13.1 Å². The van der Waals surface area contributed by atoms with Crippen LogP contribution in [0.1, 0.15) is 11.6 Å². The topological polar surface area (TPSA) is 50.1 Å². The Kier molecular flexibility index (Phi) is 3.70. The van der Waals surface area contributed by atoms with Crippen LogP contribution in [0.3, 0.4) is 0 Å². The number of pyridine rings is 1. The molecule has 0 saturated carbocycles. The lowest BCUT2D eigenvalue weighted by molar-refractivity contribution is 0.390. The average molecular weight is 341 g/mol.